The summed E-state index contributed by atoms with van der Waals surface area (Å²) in [5.41, 5.74) is 1.10. The number of hydrogen-bond acceptors (Lipinski definition) is 2. The summed E-state index contributed by atoms with van der Waals surface area (Å²) in [6.07, 6.45) is 2.05. The molecule has 126 valence electrons. The van der Waals surface area contributed by atoms with Crippen molar-refractivity contribution in [2.75, 3.05) is 6.54 Å². The molecule has 1 aliphatic heterocycles. The third kappa shape index (κ3) is 3.14. The Labute approximate surface area is 142 Å². The average molecular weight is 324 g/mol. The van der Waals surface area contributed by atoms with E-state index in [1.807, 2.05) is 32.0 Å². The Morgan fingerprint density at radius 3 is 2.67 bits per heavy atom. The number of carbonyl (C=O) groups is 2. The van der Waals surface area contributed by atoms with Crippen molar-refractivity contribution in [3.05, 3.63) is 48.0 Å². The number of amides is 2. The Hall–Kier alpha value is -2.36. The molecule has 4 heteroatoms. The average Bonchev–Trinajstić information content (AvgIpc) is 3.01. The van der Waals surface area contributed by atoms with Crippen molar-refractivity contribution < 1.29 is 9.59 Å². The van der Waals surface area contributed by atoms with E-state index in [0.717, 1.165) is 22.8 Å². The summed E-state index contributed by atoms with van der Waals surface area (Å²) in [7, 11) is 0. The van der Waals surface area contributed by atoms with Crippen molar-refractivity contribution in [2.24, 2.45) is 0 Å². The van der Waals surface area contributed by atoms with Crippen LogP contribution in [0.15, 0.2) is 42.5 Å². The van der Waals surface area contributed by atoms with Gasteiger partial charge >= 0.3 is 0 Å². The van der Waals surface area contributed by atoms with Gasteiger partial charge in [-0.05, 0) is 36.1 Å². The second-order valence-electron chi connectivity index (χ2n) is 6.41. The van der Waals surface area contributed by atoms with Gasteiger partial charge in [-0.2, -0.15) is 0 Å². The third-order valence-corrected chi connectivity index (χ3v) is 4.82. The second kappa shape index (κ2) is 7.04. The highest BCUT2D eigenvalue weighted by Gasteiger charge is 2.32. The van der Waals surface area contributed by atoms with Crippen LogP contribution in [0.4, 0.5) is 0 Å². The van der Waals surface area contributed by atoms with Gasteiger partial charge in [-0.3, -0.25) is 9.59 Å². The predicted octanol–water partition coefficient (Wildman–Crippen LogP) is 3.42. The van der Waals surface area contributed by atoms with E-state index < -0.39 is 0 Å². The number of likely N-dealkylation sites (tertiary alicyclic amines) is 1. The zero-order chi connectivity index (χ0) is 17.1. The van der Waals surface area contributed by atoms with Crippen LogP contribution in [0.3, 0.4) is 0 Å². The molecule has 1 heterocycles. The minimum atomic E-state index is -0.363. The summed E-state index contributed by atoms with van der Waals surface area (Å²) >= 11 is 0. The van der Waals surface area contributed by atoms with Gasteiger partial charge in [-0.15, -0.1) is 0 Å². The molecule has 1 aliphatic rings. The first-order valence-electron chi connectivity index (χ1n) is 8.69. The number of rotatable bonds is 5. The monoisotopic (exact) mass is 324 g/mol. The van der Waals surface area contributed by atoms with Crippen LogP contribution in [0.1, 0.15) is 44.7 Å². The molecule has 2 aromatic carbocycles. The summed E-state index contributed by atoms with van der Waals surface area (Å²) in [5, 5.41) is 5.42. The molecule has 0 unspecified atom stereocenters. The number of nitrogens with one attached hydrogen (secondary N) is 1. The lowest BCUT2D eigenvalue weighted by Crippen LogP contribution is -2.47. The van der Waals surface area contributed by atoms with Crippen LogP contribution in [0.2, 0.25) is 0 Å². The lowest BCUT2D eigenvalue weighted by Gasteiger charge is -2.27. The Kier molecular flexibility index (Phi) is 4.84. The Bertz CT molecular complexity index is 751. The SMILES string of the molecule is CC[C@@H](C(=O)N[C@@H](C)c1cccc2ccccc12)N1CCCC1=O. The molecule has 0 bridgehead atoms. The molecule has 0 saturated carbocycles. The maximum absolute atomic E-state index is 12.7. The zero-order valence-electron chi connectivity index (χ0n) is 14.3. The van der Waals surface area contributed by atoms with E-state index in [1.54, 1.807) is 4.90 Å². The first kappa shape index (κ1) is 16.5. The van der Waals surface area contributed by atoms with E-state index in [0.29, 0.717) is 19.4 Å². The third-order valence-electron chi connectivity index (χ3n) is 4.82. The van der Waals surface area contributed by atoms with E-state index in [9.17, 15) is 9.59 Å². The Morgan fingerprint density at radius 1 is 1.21 bits per heavy atom. The number of fused-ring (bicyclic) bond motifs is 1. The van der Waals surface area contributed by atoms with Crippen LogP contribution < -0.4 is 5.32 Å². The minimum Gasteiger partial charge on any atom is -0.348 e. The summed E-state index contributed by atoms with van der Waals surface area (Å²) < 4.78 is 0. The molecule has 3 rings (SSSR count). The quantitative estimate of drug-likeness (QED) is 0.916. The second-order valence-corrected chi connectivity index (χ2v) is 6.41. The van der Waals surface area contributed by atoms with Crippen LogP contribution in [-0.4, -0.2) is 29.3 Å². The lowest BCUT2D eigenvalue weighted by atomic mass is 9.99. The molecule has 0 aromatic heterocycles. The number of carbonyl (C=O) groups excluding carboxylic acids is 2. The molecule has 1 fully saturated rings. The van der Waals surface area contributed by atoms with E-state index in [2.05, 4.69) is 29.6 Å². The number of nitrogens with zero attached hydrogens (tertiary/aromatic N) is 1. The maximum Gasteiger partial charge on any atom is 0.243 e. The number of benzene rings is 2. The summed E-state index contributed by atoms with van der Waals surface area (Å²) in [6.45, 7) is 4.64. The Morgan fingerprint density at radius 2 is 1.96 bits per heavy atom. The molecular weight excluding hydrogens is 300 g/mol. The molecule has 2 aromatic rings. The molecule has 0 aliphatic carbocycles. The van der Waals surface area contributed by atoms with Crippen molar-refractivity contribution in [3.63, 3.8) is 0 Å². The van der Waals surface area contributed by atoms with Gasteiger partial charge in [0.2, 0.25) is 11.8 Å². The molecule has 0 spiro atoms. The van der Waals surface area contributed by atoms with Crippen LogP contribution >= 0.6 is 0 Å². The molecule has 2 amide bonds. The van der Waals surface area contributed by atoms with Gasteiger partial charge < -0.3 is 10.2 Å². The summed E-state index contributed by atoms with van der Waals surface area (Å²) in [6, 6.07) is 13.9. The van der Waals surface area contributed by atoms with Crippen LogP contribution in [0, 0.1) is 0 Å². The normalized spacial score (nSPS) is 17.1. The fraction of sp³-hybridized carbons (Fsp3) is 0.400. The van der Waals surface area contributed by atoms with Gasteiger partial charge in [0.25, 0.3) is 0 Å². The summed E-state index contributed by atoms with van der Waals surface area (Å²) in [5.74, 6) is 0.0306. The summed E-state index contributed by atoms with van der Waals surface area (Å²) in [4.78, 5) is 26.4. The molecular formula is C20H24N2O2. The molecule has 0 radical (unpaired) electrons. The fourth-order valence-corrected chi connectivity index (χ4v) is 3.56. The standard InChI is InChI=1S/C20H24N2O2/c1-3-18(22-13-7-12-19(22)23)20(24)21-14(2)16-11-6-9-15-8-4-5-10-17(15)16/h4-6,8-11,14,18H,3,7,12-13H2,1-2H3,(H,21,24)/t14-,18-/m0/s1. The largest absolute Gasteiger partial charge is 0.348 e. The fourth-order valence-electron chi connectivity index (χ4n) is 3.56. The van der Waals surface area contributed by atoms with Crippen LogP contribution in [0.5, 0.6) is 0 Å². The van der Waals surface area contributed by atoms with Crippen molar-refractivity contribution in [1.29, 1.82) is 0 Å². The van der Waals surface area contributed by atoms with Crippen molar-refractivity contribution in [3.8, 4) is 0 Å². The molecule has 1 N–H and O–H groups in total. The van der Waals surface area contributed by atoms with E-state index >= 15 is 0 Å². The zero-order valence-corrected chi connectivity index (χ0v) is 14.3. The minimum absolute atomic E-state index is 0.0619. The highest BCUT2D eigenvalue weighted by Crippen LogP contribution is 2.24. The van der Waals surface area contributed by atoms with E-state index in [-0.39, 0.29) is 23.9 Å². The van der Waals surface area contributed by atoms with E-state index in [4.69, 9.17) is 0 Å². The molecule has 2 atom stereocenters. The highest BCUT2D eigenvalue weighted by atomic mass is 16.2. The van der Waals surface area contributed by atoms with E-state index in [1.165, 1.54) is 0 Å². The first-order chi connectivity index (χ1) is 11.6. The van der Waals surface area contributed by atoms with Crippen molar-refractivity contribution >= 4 is 22.6 Å². The van der Waals surface area contributed by atoms with Gasteiger partial charge in [-0.25, -0.2) is 0 Å². The van der Waals surface area contributed by atoms with Gasteiger partial charge in [0.05, 0.1) is 6.04 Å². The number of hydrogen-bond donors (Lipinski definition) is 1. The molecule has 24 heavy (non-hydrogen) atoms. The van der Waals surface area contributed by atoms with Crippen LogP contribution in [0.25, 0.3) is 10.8 Å². The van der Waals surface area contributed by atoms with Crippen molar-refractivity contribution in [2.45, 2.75) is 45.2 Å². The first-order valence-corrected chi connectivity index (χ1v) is 8.69. The van der Waals surface area contributed by atoms with Crippen LogP contribution in [-0.2, 0) is 9.59 Å². The van der Waals surface area contributed by atoms with Gasteiger partial charge in [0.15, 0.2) is 0 Å². The highest BCUT2D eigenvalue weighted by molar-refractivity contribution is 5.90. The maximum atomic E-state index is 12.7. The van der Waals surface area contributed by atoms with Gasteiger partial charge in [0.1, 0.15) is 6.04 Å². The molecule has 4 nitrogen and oxygen atoms in total. The van der Waals surface area contributed by atoms with Gasteiger partial charge in [0, 0.05) is 13.0 Å². The smallest absolute Gasteiger partial charge is 0.243 e. The van der Waals surface area contributed by atoms with Gasteiger partial charge in [-0.1, -0.05) is 49.4 Å². The molecule has 1 saturated heterocycles. The Balaban J connectivity index is 1.79. The lowest BCUT2D eigenvalue weighted by molar-refractivity contribution is -0.137. The topological polar surface area (TPSA) is 49.4 Å². The predicted molar refractivity (Wildman–Crippen MR) is 95.5 cm³/mol. The van der Waals surface area contributed by atoms with Crippen molar-refractivity contribution in [1.82, 2.24) is 10.2 Å².